The molecule has 5 nitrogen and oxygen atoms in total. The minimum atomic E-state index is -4.73. The van der Waals surface area contributed by atoms with Crippen LogP contribution in [0.2, 0.25) is 0 Å². The average Bonchev–Trinajstić information content (AvgIpc) is 2.13. The van der Waals surface area contributed by atoms with Gasteiger partial charge >= 0.3 is 5.97 Å². The lowest BCUT2D eigenvalue weighted by Crippen LogP contribution is -2.39. The Bertz CT molecular complexity index is 564. The van der Waals surface area contributed by atoms with Gasteiger partial charge in [-0.1, -0.05) is 0 Å². The summed E-state index contributed by atoms with van der Waals surface area (Å²) >= 11 is 0. The topological polar surface area (TPSA) is 83.5 Å². The maximum absolute atomic E-state index is 13.2. The van der Waals surface area contributed by atoms with Crippen molar-refractivity contribution in [1.29, 1.82) is 0 Å². The Morgan fingerprint density at radius 2 is 1.72 bits per heavy atom. The molecule has 1 unspecified atom stereocenters. The van der Waals surface area contributed by atoms with Crippen LogP contribution in [0.15, 0.2) is 17.0 Å². The lowest BCUT2D eigenvalue weighted by atomic mass is 10.3. The Morgan fingerprint density at radius 1 is 1.28 bits per heavy atom. The highest BCUT2D eigenvalue weighted by Crippen LogP contribution is 2.20. The van der Waals surface area contributed by atoms with Gasteiger partial charge in [0.05, 0.1) is 0 Å². The number of carbonyl (C=O) groups is 1. The van der Waals surface area contributed by atoms with Crippen molar-refractivity contribution < 1.29 is 31.5 Å². The maximum Gasteiger partial charge on any atom is 0.321 e. The Hall–Kier alpha value is -1.61. The fourth-order valence-corrected chi connectivity index (χ4v) is 2.44. The van der Waals surface area contributed by atoms with Crippen molar-refractivity contribution in [2.24, 2.45) is 0 Å². The molecule has 0 radical (unpaired) electrons. The smallest absolute Gasteiger partial charge is 0.321 e. The zero-order valence-electron chi connectivity index (χ0n) is 8.95. The first-order chi connectivity index (χ1) is 8.15. The molecule has 0 aromatic heterocycles. The molecule has 0 aliphatic heterocycles. The molecule has 0 aliphatic rings. The average molecular weight is 283 g/mol. The Morgan fingerprint density at radius 3 is 2.11 bits per heavy atom. The Balaban J connectivity index is 3.25. The van der Waals surface area contributed by atoms with E-state index in [0.717, 1.165) is 6.92 Å². The number of nitrogens with one attached hydrogen (secondary N) is 1. The molecule has 0 fully saturated rings. The van der Waals surface area contributed by atoms with Gasteiger partial charge in [-0.25, -0.2) is 21.6 Å². The van der Waals surface area contributed by atoms with Gasteiger partial charge in [0.2, 0.25) is 10.0 Å². The lowest BCUT2D eigenvalue weighted by Gasteiger charge is -2.11. The molecule has 1 aromatic carbocycles. The second kappa shape index (κ2) is 4.94. The molecule has 9 heteroatoms. The molecule has 0 bridgehead atoms. The van der Waals surface area contributed by atoms with Gasteiger partial charge in [0.25, 0.3) is 0 Å². The van der Waals surface area contributed by atoms with E-state index in [-0.39, 0.29) is 12.1 Å². The summed E-state index contributed by atoms with van der Waals surface area (Å²) in [5, 5.41) is 8.50. The van der Waals surface area contributed by atoms with Crippen molar-refractivity contribution in [2.45, 2.75) is 17.9 Å². The standard InChI is InChI=1S/C9H8F3NO4S/c1-4(9(14)15)13-18(16,17)8-6(11)2-5(10)3-7(8)12/h2-4,13H,1H3,(H,14,15). The van der Waals surface area contributed by atoms with Gasteiger partial charge in [-0.3, -0.25) is 4.79 Å². The largest absolute Gasteiger partial charge is 0.480 e. The third kappa shape index (κ3) is 2.99. The van der Waals surface area contributed by atoms with E-state index < -0.39 is 44.4 Å². The highest BCUT2D eigenvalue weighted by atomic mass is 32.2. The van der Waals surface area contributed by atoms with Gasteiger partial charge in [0.1, 0.15) is 23.5 Å². The van der Waals surface area contributed by atoms with Crippen LogP contribution in [0.3, 0.4) is 0 Å². The van der Waals surface area contributed by atoms with Crippen LogP contribution in [-0.2, 0) is 14.8 Å². The number of carboxylic acid groups (broad SMARTS) is 1. The third-order valence-corrected chi connectivity index (χ3v) is 3.53. The number of hydrogen-bond acceptors (Lipinski definition) is 3. The van der Waals surface area contributed by atoms with Crippen molar-refractivity contribution in [1.82, 2.24) is 4.72 Å². The molecule has 0 saturated heterocycles. The highest BCUT2D eigenvalue weighted by molar-refractivity contribution is 7.89. The minimum absolute atomic E-state index is 0.184. The van der Waals surface area contributed by atoms with Gasteiger partial charge in [-0.15, -0.1) is 0 Å². The van der Waals surface area contributed by atoms with E-state index in [9.17, 15) is 26.4 Å². The van der Waals surface area contributed by atoms with Crippen molar-refractivity contribution in [3.8, 4) is 0 Å². The first kappa shape index (κ1) is 14.5. The summed E-state index contributed by atoms with van der Waals surface area (Å²) in [7, 11) is -4.73. The van der Waals surface area contributed by atoms with E-state index in [1.54, 1.807) is 4.72 Å². The van der Waals surface area contributed by atoms with Crippen molar-refractivity contribution in [3.05, 3.63) is 29.6 Å². The Kier molecular flexibility index (Phi) is 3.97. The summed E-state index contributed by atoms with van der Waals surface area (Å²) in [6.07, 6.45) is 0. The van der Waals surface area contributed by atoms with E-state index in [0.29, 0.717) is 0 Å². The van der Waals surface area contributed by atoms with Crippen LogP contribution in [0.25, 0.3) is 0 Å². The van der Waals surface area contributed by atoms with E-state index >= 15 is 0 Å². The van der Waals surface area contributed by atoms with Crippen molar-refractivity contribution in [3.63, 3.8) is 0 Å². The monoisotopic (exact) mass is 283 g/mol. The van der Waals surface area contributed by atoms with Crippen molar-refractivity contribution >= 4 is 16.0 Å². The normalized spacial score (nSPS) is 13.3. The molecule has 2 N–H and O–H groups in total. The molecule has 0 spiro atoms. The van der Waals surface area contributed by atoms with Crippen molar-refractivity contribution in [2.75, 3.05) is 0 Å². The number of benzene rings is 1. The Labute approximate surface area is 100 Å². The van der Waals surface area contributed by atoms with E-state index in [1.165, 1.54) is 0 Å². The second-order valence-electron chi connectivity index (χ2n) is 3.38. The molecule has 0 saturated carbocycles. The van der Waals surface area contributed by atoms with Crippen LogP contribution in [0, 0.1) is 17.5 Å². The molecular formula is C9H8F3NO4S. The van der Waals surface area contributed by atoms with Gasteiger partial charge in [-0.05, 0) is 6.92 Å². The zero-order chi connectivity index (χ0) is 14.1. The summed E-state index contributed by atoms with van der Waals surface area (Å²) in [6.45, 7) is 0.971. The molecule has 18 heavy (non-hydrogen) atoms. The van der Waals surface area contributed by atoms with Crippen LogP contribution < -0.4 is 4.72 Å². The van der Waals surface area contributed by atoms with Gasteiger partial charge in [-0.2, -0.15) is 4.72 Å². The molecular weight excluding hydrogens is 275 g/mol. The molecule has 0 amide bonds. The second-order valence-corrected chi connectivity index (χ2v) is 5.03. The van der Waals surface area contributed by atoms with Crippen LogP contribution in [-0.4, -0.2) is 25.5 Å². The first-order valence-electron chi connectivity index (χ1n) is 4.55. The minimum Gasteiger partial charge on any atom is -0.480 e. The lowest BCUT2D eigenvalue weighted by molar-refractivity contribution is -0.138. The molecule has 100 valence electrons. The van der Waals surface area contributed by atoms with E-state index in [4.69, 9.17) is 5.11 Å². The van der Waals surface area contributed by atoms with Crippen LogP contribution in [0.4, 0.5) is 13.2 Å². The van der Waals surface area contributed by atoms with Gasteiger partial charge < -0.3 is 5.11 Å². The van der Waals surface area contributed by atoms with E-state index in [2.05, 4.69) is 0 Å². The van der Waals surface area contributed by atoms with Crippen LogP contribution in [0.1, 0.15) is 6.92 Å². The number of halogens is 3. The highest BCUT2D eigenvalue weighted by Gasteiger charge is 2.28. The summed E-state index contributed by atoms with van der Waals surface area (Å²) in [4.78, 5) is 9.04. The molecule has 0 aliphatic carbocycles. The third-order valence-electron chi connectivity index (χ3n) is 1.93. The summed E-state index contributed by atoms with van der Waals surface area (Å²) in [5.41, 5.74) is 0. The first-order valence-corrected chi connectivity index (χ1v) is 6.03. The predicted octanol–water partition coefficient (Wildman–Crippen LogP) is 0.855. The number of hydrogen-bond donors (Lipinski definition) is 2. The van der Waals surface area contributed by atoms with Gasteiger partial charge in [0, 0.05) is 12.1 Å². The molecule has 1 rings (SSSR count). The van der Waals surface area contributed by atoms with Crippen LogP contribution in [0.5, 0.6) is 0 Å². The maximum atomic E-state index is 13.2. The number of rotatable bonds is 4. The summed E-state index contributed by atoms with van der Waals surface area (Å²) < 4.78 is 63.6. The van der Waals surface area contributed by atoms with Gasteiger partial charge in [0.15, 0.2) is 4.90 Å². The summed E-state index contributed by atoms with van der Waals surface area (Å²) in [6, 6.07) is -1.22. The quantitative estimate of drug-likeness (QED) is 0.858. The molecule has 1 aromatic rings. The molecule has 0 heterocycles. The fraction of sp³-hybridized carbons (Fsp3) is 0.222. The number of carboxylic acids is 1. The van der Waals surface area contributed by atoms with Crippen LogP contribution >= 0.6 is 0 Å². The molecule has 1 atom stereocenters. The van der Waals surface area contributed by atoms with E-state index in [1.807, 2.05) is 0 Å². The number of sulfonamides is 1. The summed E-state index contributed by atoms with van der Waals surface area (Å²) in [5.74, 6) is -6.09. The SMILES string of the molecule is CC(NS(=O)(=O)c1c(F)cc(F)cc1F)C(=O)O. The fourth-order valence-electron chi connectivity index (χ4n) is 1.13. The number of aliphatic carboxylic acids is 1. The zero-order valence-corrected chi connectivity index (χ0v) is 9.76. The predicted molar refractivity (Wildman–Crippen MR) is 53.7 cm³/mol.